The fraction of sp³-hybridized carbons (Fsp3) is 0.294. The Balaban J connectivity index is 2.39. The van der Waals surface area contributed by atoms with E-state index < -0.39 is 0 Å². The summed E-state index contributed by atoms with van der Waals surface area (Å²) in [7, 11) is 1.64. The summed E-state index contributed by atoms with van der Waals surface area (Å²) in [6.45, 7) is 4.73. The van der Waals surface area contributed by atoms with Crippen LogP contribution >= 0.6 is 0 Å². The molecule has 0 saturated carbocycles. The quantitative estimate of drug-likeness (QED) is 0.891. The molecule has 0 aromatic heterocycles. The predicted molar refractivity (Wildman–Crippen MR) is 81.5 cm³/mol. The van der Waals surface area contributed by atoms with Gasteiger partial charge in [-0.25, -0.2) is 0 Å². The van der Waals surface area contributed by atoms with Gasteiger partial charge in [-0.1, -0.05) is 38.1 Å². The Morgan fingerprint density at radius 3 is 2.45 bits per heavy atom. The van der Waals surface area contributed by atoms with Crippen LogP contribution in [0, 0.1) is 0 Å². The molecule has 0 bridgehead atoms. The highest BCUT2D eigenvalue weighted by molar-refractivity contribution is 5.45. The molecule has 0 aliphatic rings. The van der Waals surface area contributed by atoms with Gasteiger partial charge < -0.3 is 15.2 Å². The van der Waals surface area contributed by atoms with E-state index >= 15 is 0 Å². The minimum atomic E-state index is 0.401. The third-order valence-corrected chi connectivity index (χ3v) is 3.26. The first kappa shape index (κ1) is 14.4. The molecular weight excluding hydrogens is 250 g/mol. The minimum Gasteiger partial charge on any atom is -0.497 e. The maximum Gasteiger partial charge on any atom is 0.135 e. The minimum absolute atomic E-state index is 0.401. The van der Waals surface area contributed by atoms with Crippen molar-refractivity contribution in [3.8, 4) is 17.2 Å². The third-order valence-electron chi connectivity index (χ3n) is 3.26. The Morgan fingerprint density at radius 1 is 1.05 bits per heavy atom. The third kappa shape index (κ3) is 3.11. The van der Waals surface area contributed by atoms with Gasteiger partial charge in [-0.05, 0) is 23.6 Å². The number of para-hydroxylation sites is 1. The van der Waals surface area contributed by atoms with E-state index in [2.05, 4.69) is 19.9 Å². The Labute approximate surface area is 120 Å². The molecule has 0 fully saturated rings. The molecule has 2 aromatic carbocycles. The van der Waals surface area contributed by atoms with Crippen molar-refractivity contribution in [2.75, 3.05) is 7.11 Å². The number of ether oxygens (including phenoxy) is 2. The van der Waals surface area contributed by atoms with E-state index in [1.807, 2.05) is 36.4 Å². The lowest BCUT2D eigenvalue weighted by atomic mass is 10.0. The molecule has 3 nitrogen and oxygen atoms in total. The maximum atomic E-state index is 6.08. The van der Waals surface area contributed by atoms with E-state index in [1.165, 1.54) is 5.56 Å². The molecule has 0 aliphatic heterocycles. The van der Waals surface area contributed by atoms with Crippen LogP contribution in [0.3, 0.4) is 0 Å². The fourth-order valence-corrected chi connectivity index (χ4v) is 2.09. The molecule has 0 saturated heterocycles. The van der Waals surface area contributed by atoms with Crippen LogP contribution in [0.5, 0.6) is 17.2 Å². The Bertz CT molecular complexity index is 579. The average molecular weight is 271 g/mol. The first-order valence-corrected chi connectivity index (χ1v) is 6.79. The molecule has 3 heteroatoms. The summed E-state index contributed by atoms with van der Waals surface area (Å²) < 4.78 is 11.3. The summed E-state index contributed by atoms with van der Waals surface area (Å²) in [5.41, 5.74) is 7.91. The standard InChI is InChI=1S/C17H21NO2/c1-12(2)15-6-4-5-7-16(15)20-17-10-14(19-3)9-8-13(17)11-18/h4-10,12H,11,18H2,1-3H3. The van der Waals surface area contributed by atoms with Crippen LogP contribution in [-0.4, -0.2) is 7.11 Å². The van der Waals surface area contributed by atoms with E-state index in [1.54, 1.807) is 7.11 Å². The summed E-state index contributed by atoms with van der Waals surface area (Å²) >= 11 is 0. The highest BCUT2D eigenvalue weighted by Gasteiger charge is 2.11. The topological polar surface area (TPSA) is 44.5 Å². The van der Waals surface area contributed by atoms with Gasteiger partial charge in [0.2, 0.25) is 0 Å². The van der Waals surface area contributed by atoms with Gasteiger partial charge in [0, 0.05) is 18.2 Å². The summed E-state index contributed by atoms with van der Waals surface area (Å²) in [5.74, 6) is 2.78. The van der Waals surface area contributed by atoms with Crippen molar-refractivity contribution in [1.29, 1.82) is 0 Å². The van der Waals surface area contributed by atoms with E-state index in [4.69, 9.17) is 15.2 Å². The first-order chi connectivity index (χ1) is 9.65. The molecule has 0 aliphatic carbocycles. The molecular formula is C17H21NO2. The van der Waals surface area contributed by atoms with Crippen LogP contribution in [0.15, 0.2) is 42.5 Å². The van der Waals surface area contributed by atoms with Crippen molar-refractivity contribution in [3.63, 3.8) is 0 Å². The number of nitrogens with two attached hydrogens (primary N) is 1. The van der Waals surface area contributed by atoms with E-state index in [-0.39, 0.29) is 0 Å². The van der Waals surface area contributed by atoms with Crippen LogP contribution in [0.25, 0.3) is 0 Å². The van der Waals surface area contributed by atoms with Gasteiger partial charge in [-0.2, -0.15) is 0 Å². The van der Waals surface area contributed by atoms with Gasteiger partial charge in [0.05, 0.1) is 7.11 Å². The fourth-order valence-electron chi connectivity index (χ4n) is 2.09. The van der Waals surface area contributed by atoms with Crippen molar-refractivity contribution >= 4 is 0 Å². The van der Waals surface area contributed by atoms with Crippen LogP contribution < -0.4 is 15.2 Å². The zero-order chi connectivity index (χ0) is 14.5. The Morgan fingerprint density at radius 2 is 1.80 bits per heavy atom. The van der Waals surface area contributed by atoms with Crippen molar-refractivity contribution in [3.05, 3.63) is 53.6 Å². The number of benzene rings is 2. The van der Waals surface area contributed by atoms with Crippen molar-refractivity contribution in [1.82, 2.24) is 0 Å². The van der Waals surface area contributed by atoms with E-state index in [9.17, 15) is 0 Å². The molecule has 0 amide bonds. The molecule has 2 rings (SSSR count). The predicted octanol–water partition coefficient (Wildman–Crippen LogP) is 4.07. The zero-order valence-corrected chi connectivity index (χ0v) is 12.2. The Kier molecular flexibility index (Phi) is 4.64. The number of hydrogen-bond acceptors (Lipinski definition) is 3. The van der Waals surface area contributed by atoms with Gasteiger partial charge >= 0.3 is 0 Å². The van der Waals surface area contributed by atoms with Crippen LogP contribution in [0.4, 0.5) is 0 Å². The van der Waals surface area contributed by atoms with Crippen molar-refractivity contribution < 1.29 is 9.47 Å². The largest absolute Gasteiger partial charge is 0.497 e. The normalized spacial score (nSPS) is 10.7. The van der Waals surface area contributed by atoms with Gasteiger partial charge in [0.25, 0.3) is 0 Å². The molecule has 0 spiro atoms. The molecule has 0 atom stereocenters. The van der Waals surface area contributed by atoms with Gasteiger partial charge in [0.15, 0.2) is 0 Å². The van der Waals surface area contributed by atoms with Crippen LogP contribution in [-0.2, 0) is 6.54 Å². The van der Waals surface area contributed by atoms with E-state index in [0.29, 0.717) is 12.5 Å². The number of hydrogen-bond donors (Lipinski definition) is 1. The highest BCUT2D eigenvalue weighted by atomic mass is 16.5. The molecule has 0 unspecified atom stereocenters. The SMILES string of the molecule is COc1ccc(CN)c(Oc2ccccc2C(C)C)c1. The second-order valence-electron chi connectivity index (χ2n) is 4.97. The number of rotatable bonds is 5. The molecule has 2 N–H and O–H groups in total. The lowest BCUT2D eigenvalue weighted by Crippen LogP contribution is -2.01. The molecule has 0 radical (unpaired) electrons. The maximum absolute atomic E-state index is 6.08. The molecule has 2 aromatic rings. The Hall–Kier alpha value is -2.00. The van der Waals surface area contributed by atoms with Crippen LogP contribution in [0.2, 0.25) is 0 Å². The zero-order valence-electron chi connectivity index (χ0n) is 12.2. The first-order valence-electron chi connectivity index (χ1n) is 6.79. The van der Waals surface area contributed by atoms with Crippen molar-refractivity contribution in [2.45, 2.75) is 26.3 Å². The summed E-state index contributed by atoms with van der Waals surface area (Å²) in [5, 5.41) is 0. The number of methoxy groups -OCH3 is 1. The van der Waals surface area contributed by atoms with Gasteiger partial charge in [-0.15, -0.1) is 0 Å². The summed E-state index contributed by atoms with van der Waals surface area (Å²) in [6, 6.07) is 13.8. The summed E-state index contributed by atoms with van der Waals surface area (Å²) in [6.07, 6.45) is 0. The second kappa shape index (κ2) is 6.44. The molecule has 106 valence electrons. The van der Waals surface area contributed by atoms with Gasteiger partial charge in [-0.3, -0.25) is 0 Å². The lowest BCUT2D eigenvalue weighted by molar-refractivity contribution is 0.407. The second-order valence-corrected chi connectivity index (χ2v) is 4.97. The molecule has 0 heterocycles. The summed E-state index contributed by atoms with van der Waals surface area (Å²) in [4.78, 5) is 0. The van der Waals surface area contributed by atoms with E-state index in [0.717, 1.165) is 22.8 Å². The smallest absolute Gasteiger partial charge is 0.135 e. The van der Waals surface area contributed by atoms with Crippen LogP contribution in [0.1, 0.15) is 30.9 Å². The highest BCUT2D eigenvalue weighted by Crippen LogP contribution is 2.33. The van der Waals surface area contributed by atoms with Crippen molar-refractivity contribution in [2.24, 2.45) is 5.73 Å². The lowest BCUT2D eigenvalue weighted by Gasteiger charge is -2.16. The average Bonchev–Trinajstić information content (AvgIpc) is 2.47. The van der Waals surface area contributed by atoms with Gasteiger partial charge in [0.1, 0.15) is 17.2 Å². The monoisotopic (exact) mass is 271 g/mol. The molecule has 20 heavy (non-hydrogen) atoms.